The molecule has 2 aliphatic rings. The number of rotatable bonds is 0. The van der Waals surface area contributed by atoms with E-state index in [9.17, 15) is 39.0 Å². The number of hydrogen-bond acceptors (Lipinski definition) is 14. The van der Waals surface area contributed by atoms with Crippen LogP contribution in [0.1, 0.15) is 25.7 Å². The van der Waals surface area contributed by atoms with Gasteiger partial charge >= 0.3 is 35.8 Å². The maximum Gasteiger partial charge on any atom is 0.387 e. The molecule has 0 saturated carbocycles. The summed E-state index contributed by atoms with van der Waals surface area (Å²) in [5.74, 6) is -9.66. The van der Waals surface area contributed by atoms with Crippen molar-refractivity contribution in [2.24, 2.45) is 0 Å². The van der Waals surface area contributed by atoms with E-state index in [1.165, 1.54) is 0 Å². The van der Waals surface area contributed by atoms with Gasteiger partial charge in [-0.1, -0.05) is 0 Å². The van der Waals surface area contributed by atoms with Crippen LogP contribution in [0.5, 0.6) is 0 Å². The van der Waals surface area contributed by atoms with Crippen LogP contribution < -0.4 is 0 Å². The van der Waals surface area contributed by atoms with Gasteiger partial charge in [0.15, 0.2) is 11.2 Å². The van der Waals surface area contributed by atoms with E-state index >= 15 is 0 Å². The van der Waals surface area contributed by atoms with E-state index in [1.807, 2.05) is 0 Å². The Kier molecular flexibility index (Phi) is 5.08. The summed E-state index contributed by atoms with van der Waals surface area (Å²) in [6, 6.07) is 0. The van der Waals surface area contributed by atoms with Gasteiger partial charge < -0.3 is 10.2 Å². The molecule has 0 spiro atoms. The van der Waals surface area contributed by atoms with E-state index in [1.54, 1.807) is 0 Å². The first-order valence-corrected chi connectivity index (χ1v) is 6.73. The maximum atomic E-state index is 11.9. The third-order valence-electron chi connectivity index (χ3n) is 3.16. The summed E-state index contributed by atoms with van der Waals surface area (Å²) in [6.45, 7) is 0. The molecule has 2 aliphatic heterocycles. The Labute approximate surface area is 142 Å². The second-order valence-electron chi connectivity index (χ2n) is 5.33. The molecule has 14 nitrogen and oxygen atoms in total. The molecule has 2 saturated heterocycles. The number of carbonyl (C=O) groups excluding carboxylic acids is 6. The molecule has 2 bridgehead atoms. The van der Waals surface area contributed by atoms with Crippen LogP contribution in [-0.2, 0) is 58.1 Å². The van der Waals surface area contributed by atoms with E-state index in [0.29, 0.717) is 0 Å². The van der Waals surface area contributed by atoms with Crippen molar-refractivity contribution in [3.05, 3.63) is 0 Å². The average Bonchev–Trinajstić information content (AvgIpc) is 2.53. The summed E-state index contributed by atoms with van der Waals surface area (Å²) >= 11 is 0. The van der Waals surface area contributed by atoms with Gasteiger partial charge in [-0.05, 0) is 0 Å². The number of fused-ring (bicyclic) bond motifs is 5. The smallest absolute Gasteiger partial charge is 0.377 e. The third-order valence-corrected chi connectivity index (χ3v) is 3.16. The van der Waals surface area contributed by atoms with Gasteiger partial charge in [0.2, 0.25) is 0 Å². The summed E-state index contributed by atoms with van der Waals surface area (Å²) in [4.78, 5) is 94.1. The van der Waals surface area contributed by atoms with E-state index in [-0.39, 0.29) is 0 Å². The first kappa shape index (κ1) is 19.1. The van der Waals surface area contributed by atoms with Crippen molar-refractivity contribution in [3.63, 3.8) is 0 Å². The van der Waals surface area contributed by atoms with Gasteiger partial charge in [0.05, 0.1) is 25.7 Å². The van der Waals surface area contributed by atoms with Gasteiger partial charge in [-0.2, -0.15) is 0 Å². The maximum absolute atomic E-state index is 11.9. The minimum Gasteiger partial charge on any atom is -0.377 e. The van der Waals surface area contributed by atoms with E-state index in [2.05, 4.69) is 29.3 Å². The van der Waals surface area contributed by atoms with Crippen LogP contribution in [0.15, 0.2) is 0 Å². The topological polar surface area (TPSA) is 198 Å². The molecular weight excluding hydrogens is 368 g/mol. The molecule has 0 atom stereocenters. The lowest BCUT2D eigenvalue weighted by Crippen LogP contribution is -2.49. The van der Waals surface area contributed by atoms with E-state index in [4.69, 9.17) is 0 Å². The fraction of sp³-hybridized carbons (Fsp3) is 0.500. The van der Waals surface area contributed by atoms with Gasteiger partial charge in [0.1, 0.15) is 0 Å². The summed E-state index contributed by atoms with van der Waals surface area (Å²) in [5, 5.41) is 20.3. The Morgan fingerprint density at radius 3 is 0.962 bits per heavy atom. The second kappa shape index (κ2) is 6.93. The van der Waals surface area contributed by atoms with Crippen molar-refractivity contribution in [3.8, 4) is 0 Å². The highest BCUT2D eigenvalue weighted by Crippen LogP contribution is 2.25. The van der Waals surface area contributed by atoms with E-state index < -0.39 is 72.7 Å². The predicted octanol–water partition coefficient (Wildman–Crippen LogP) is -2.96. The van der Waals surface area contributed by atoms with Gasteiger partial charge in [0.25, 0.3) is 0 Å². The molecule has 26 heavy (non-hydrogen) atoms. The summed E-state index contributed by atoms with van der Waals surface area (Å²) in [5.41, 5.74) is -6.02. The molecule has 0 aliphatic carbocycles. The number of hydrogen-bond donors (Lipinski definition) is 2. The van der Waals surface area contributed by atoms with Crippen LogP contribution in [0.4, 0.5) is 0 Å². The van der Waals surface area contributed by atoms with Crippen LogP contribution in [0.2, 0.25) is 0 Å². The van der Waals surface area contributed by atoms with Crippen LogP contribution in [0.3, 0.4) is 0 Å². The molecule has 2 heterocycles. The molecule has 0 aromatic heterocycles. The fourth-order valence-corrected chi connectivity index (χ4v) is 1.90. The molecule has 2 fully saturated rings. The van der Waals surface area contributed by atoms with Gasteiger partial charge in [-0.3, -0.25) is 0 Å². The molecule has 142 valence electrons. The Bertz CT molecular complexity index is 583. The van der Waals surface area contributed by atoms with Crippen molar-refractivity contribution in [1.29, 1.82) is 0 Å². The van der Waals surface area contributed by atoms with Crippen LogP contribution in [0, 0.1) is 0 Å². The molecule has 2 rings (SSSR count). The molecule has 0 aromatic rings. The zero-order chi connectivity index (χ0) is 19.5. The predicted molar refractivity (Wildman–Crippen MR) is 64.9 cm³/mol. The van der Waals surface area contributed by atoms with Crippen molar-refractivity contribution >= 4 is 35.8 Å². The van der Waals surface area contributed by atoms with Crippen LogP contribution in [-0.4, -0.2) is 57.2 Å². The molecule has 0 unspecified atom stereocenters. The molecule has 0 radical (unpaired) electrons. The van der Waals surface area contributed by atoms with Gasteiger partial charge in [-0.25, -0.2) is 58.1 Å². The van der Waals surface area contributed by atoms with Crippen molar-refractivity contribution < 1.29 is 68.3 Å². The Morgan fingerprint density at radius 2 is 0.731 bits per heavy atom. The van der Waals surface area contributed by atoms with Gasteiger partial charge in [-0.15, -0.1) is 0 Å². The van der Waals surface area contributed by atoms with Crippen molar-refractivity contribution in [1.82, 2.24) is 0 Å². The quantitative estimate of drug-likeness (QED) is 0.405. The number of aliphatic hydroxyl groups is 2. The zero-order valence-electron chi connectivity index (χ0n) is 12.6. The Hall–Kier alpha value is -3.26. The normalized spacial score (nSPS) is 31.2. The lowest BCUT2D eigenvalue weighted by molar-refractivity contribution is -0.295. The lowest BCUT2D eigenvalue weighted by atomic mass is 9.95. The molecule has 0 amide bonds. The lowest BCUT2D eigenvalue weighted by Gasteiger charge is -2.26. The Balaban J connectivity index is 2.48. The third kappa shape index (κ3) is 4.22. The molecule has 0 aromatic carbocycles. The minimum atomic E-state index is -3.01. The summed E-state index contributed by atoms with van der Waals surface area (Å²) in [6.07, 6.45) is -5.21. The minimum absolute atomic E-state index is 1.30. The zero-order valence-corrected chi connectivity index (χ0v) is 12.6. The van der Waals surface area contributed by atoms with Crippen molar-refractivity contribution in [2.75, 3.05) is 0 Å². The monoisotopic (exact) mass is 378 g/mol. The Morgan fingerprint density at radius 1 is 0.500 bits per heavy atom. The number of carbonyl (C=O) groups is 6. The first-order valence-electron chi connectivity index (χ1n) is 6.73. The highest BCUT2D eigenvalue weighted by Gasteiger charge is 2.50. The fourth-order valence-electron chi connectivity index (χ4n) is 1.90. The van der Waals surface area contributed by atoms with E-state index in [0.717, 1.165) is 0 Å². The highest BCUT2D eigenvalue weighted by molar-refractivity contribution is 5.93. The van der Waals surface area contributed by atoms with Crippen LogP contribution >= 0.6 is 0 Å². The highest BCUT2D eigenvalue weighted by atomic mass is 17.2. The van der Waals surface area contributed by atoms with Gasteiger partial charge in [0, 0.05) is 0 Å². The summed E-state index contributed by atoms with van der Waals surface area (Å²) in [7, 11) is 0. The average molecular weight is 378 g/mol. The molecular formula is C12H10O14. The molecule has 14 heteroatoms. The second-order valence-corrected chi connectivity index (χ2v) is 5.33. The van der Waals surface area contributed by atoms with Crippen LogP contribution in [0.25, 0.3) is 0 Å². The largest absolute Gasteiger partial charge is 0.387 e. The van der Waals surface area contributed by atoms with Crippen molar-refractivity contribution in [2.45, 2.75) is 36.9 Å². The standard InChI is InChI=1S/C12H10O14/c13-5-1-11(19)2-6(14)23-24-8(16)4-12(20,3-7(15)22-21-5)10(18)26-25-9(11)17/h19-20H,1-4H2. The SMILES string of the molecule is O=C1CC2(O)CC(=O)OOC(=O)CC(O)(CC(=O)OO1)C(=O)OOC2=O. The first-order chi connectivity index (χ1) is 12.0. The molecule has 2 N–H and O–H groups in total. The summed E-state index contributed by atoms with van der Waals surface area (Å²) < 4.78 is 0.